The van der Waals surface area contributed by atoms with Crippen LogP contribution in [0.5, 0.6) is 0 Å². The summed E-state index contributed by atoms with van der Waals surface area (Å²) >= 11 is 0. The fourth-order valence-corrected chi connectivity index (χ4v) is 5.52. The summed E-state index contributed by atoms with van der Waals surface area (Å²) in [6, 6.07) is 7.89. The van der Waals surface area contributed by atoms with E-state index in [2.05, 4.69) is 26.3 Å². The third-order valence-electron chi connectivity index (χ3n) is 7.60. The predicted octanol–water partition coefficient (Wildman–Crippen LogP) is 3.01. The zero-order valence-corrected chi connectivity index (χ0v) is 20.7. The van der Waals surface area contributed by atoms with E-state index >= 15 is 0 Å². The molecule has 3 fully saturated rings. The van der Waals surface area contributed by atoms with Crippen molar-refractivity contribution in [3.63, 3.8) is 0 Å². The number of amides is 2. The highest BCUT2D eigenvalue weighted by molar-refractivity contribution is 6.02. The Bertz CT molecular complexity index is 1170. The highest BCUT2D eigenvalue weighted by Gasteiger charge is 2.59. The van der Waals surface area contributed by atoms with E-state index in [1.54, 1.807) is 23.4 Å². The number of carbonyl (C=O) groups is 2. The number of rotatable bonds is 7. The van der Waals surface area contributed by atoms with Gasteiger partial charge in [0.2, 0.25) is 17.8 Å². The highest BCUT2D eigenvalue weighted by atomic mass is 16.5. The Morgan fingerprint density at radius 2 is 2.00 bits per heavy atom. The number of methoxy groups -OCH3 is 1. The Morgan fingerprint density at radius 3 is 2.64 bits per heavy atom. The van der Waals surface area contributed by atoms with Crippen LogP contribution in [-0.2, 0) is 14.3 Å². The predicted molar refractivity (Wildman–Crippen MR) is 132 cm³/mol. The zero-order chi connectivity index (χ0) is 25.3. The van der Waals surface area contributed by atoms with E-state index in [-0.39, 0.29) is 30.4 Å². The van der Waals surface area contributed by atoms with Crippen LogP contribution in [0.1, 0.15) is 50.6 Å². The van der Waals surface area contributed by atoms with Crippen LogP contribution in [0, 0.1) is 22.7 Å². The molecule has 1 N–H and O–H groups in total. The third kappa shape index (κ3) is 4.51. The van der Waals surface area contributed by atoms with E-state index in [4.69, 9.17) is 4.74 Å². The molecule has 0 spiro atoms. The van der Waals surface area contributed by atoms with Crippen molar-refractivity contribution >= 4 is 29.3 Å². The molecule has 2 saturated heterocycles. The molecule has 0 unspecified atom stereocenters. The van der Waals surface area contributed by atoms with E-state index in [0.29, 0.717) is 37.2 Å². The van der Waals surface area contributed by atoms with Crippen molar-refractivity contribution in [2.75, 3.05) is 37.0 Å². The summed E-state index contributed by atoms with van der Waals surface area (Å²) in [5.74, 6) is 1.21. The summed E-state index contributed by atoms with van der Waals surface area (Å²) in [4.78, 5) is 42.3. The first kappa shape index (κ1) is 24.1. The molecule has 2 aromatic rings. The normalized spacial score (nSPS) is 24.6. The topological polar surface area (TPSA) is 124 Å². The Morgan fingerprint density at radius 1 is 1.22 bits per heavy atom. The average molecular weight is 490 g/mol. The summed E-state index contributed by atoms with van der Waals surface area (Å²) in [6.07, 6.45) is 7.51. The summed E-state index contributed by atoms with van der Waals surface area (Å²) in [6.45, 7) is 3.50. The molecular weight excluding hydrogens is 458 g/mol. The van der Waals surface area contributed by atoms with Crippen LogP contribution in [-0.4, -0.2) is 64.5 Å². The number of aromatic nitrogens is 3. The second-order valence-electron chi connectivity index (χ2n) is 10.0. The second kappa shape index (κ2) is 9.82. The van der Waals surface area contributed by atoms with E-state index in [9.17, 15) is 14.9 Å². The van der Waals surface area contributed by atoms with Crippen molar-refractivity contribution in [2.45, 2.75) is 51.0 Å². The summed E-state index contributed by atoms with van der Waals surface area (Å²) < 4.78 is 4.95. The molecule has 10 heteroatoms. The second-order valence-corrected chi connectivity index (χ2v) is 10.0. The Balaban J connectivity index is 1.23. The number of piperidine rings is 1. The fourth-order valence-electron chi connectivity index (χ4n) is 5.52. The van der Waals surface area contributed by atoms with Crippen molar-refractivity contribution in [2.24, 2.45) is 11.3 Å². The van der Waals surface area contributed by atoms with Gasteiger partial charge in [0.25, 0.3) is 0 Å². The maximum Gasteiger partial charge on any atom is 0.249 e. The van der Waals surface area contributed by atoms with Crippen molar-refractivity contribution in [1.82, 2.24) is 19.9 Å². The first-order valence-corrected chi connectivity index (χ1v) is 12.5. The van der Waals surface area contributed by atoms with E-state index in [1.165, 1.54) is 7.11 Å². The van der Waals surface area contributed by atoms with E-state index in [1.807, 2.05) is 24.0 Å². The van der Waals surface area contributed by atoms with Crippen molar-refractivity contribution in [3.8, 4) is 6.07 Å². The molecule has 0 aromatic carbocycles. The molecule has 3 aliphatic rings. The van der Waals surface area contributed by atoms with Crippen LogP contribution in [0.2, 0.25) is 0 Å². The van der Waals surface area contributed by atoms with Gasteiger partial charge in [-0.05, 0) is 63.1 Å². The number of nitrogens with one attached hydrogen (secondary N) is 1. The SMILES string of the molecule is COCC(=O)N1CCC(c2ccc(Nc3nccc(N4C(=O)[C@](C#N)(C5CC5)C[C@H]4C)n3)cn2)CC1. The van der Waals surface area contributed by atoms with E-state index in [0.717, 1.165) is 37.1 Å². The molecule has 4 heterocycles. The summed E-state index contributed by atoms with van der Waals surface area (Å²) in [5.41, 5.74) is 0.817. The van der Waals surface area contributed by atoms with Gasteiger partial charge < -0.3 is 15.0 Å². The highest BCUT2D eigenvalue weighted by Crippen LogP contribution is 2.53. The average Bonchev–Trinajstić information content (AvgIpc) is 3.71. The van der Waals surface area contributed by atoms with Crippen LogP contribution >= 0.6 is 0 Å². The summed E-state index contributed by atoms with van der Waals surface area (Å²) in [5, 5.41) is 13.0. The number of pyridine rings is 1. The van der Waals surface area contributed by atoms with Crippen LogP contribution in [0.25, 0.3) is 0 Å². The molecule has 188 valence electrons. The Kier molecular flexibility index (Phi) is 6.58. The molecule has 0 radical (unpaired) electrons. The molecule has 0 bridgehead atoms. The standard InChI is InChI=1S/C26H31N7O3/c1-17-13-26(16-27,19-3-4-19)24(35)33(17)22-7-10-28-25(31-22)30-20-5-6-21(29-14-20)18-8-11-32(12-9-18)23(34)15-36-2/h5-7,10,14,17-19H,3-4,8-9,11-13,15H2,1-2H3,(H,28,30,31)/t17-,26-/m1/s1. The van der Waals surface area contributed by atoms with Crippen molar-refractivity contribution in [3.05, 3.63) is 36.3 Å². The smallest absolute Gasteiger partial charge is 0.249 e. The largest absolute Gasteiger partial charge is 0.375 e. The van der Waals surface area contributed by atoms with Crippen LogP contribution < -0.4 is 10.2 Å². The number of anilines is 3. The van der Waals surface area contributed by atoms with E-state index < -0.39 is 5.41 Å². The van der Waals surface area contributed by atoms with Crippen molar-refractivity contribution < 1.29 is 14.3 Å². The molecule has 1 aliphatic carbocycles. The Hall–Kier alpha value is -3.58. The van der Waals surface area contributed by atoms with Crippen LogP contribution in [0.4, 0.5) is 17.5 Å². The van der Waals surface area contributed by atoms with Gasteiger partial charge in [-0.15, -0.1) is 0 Å². The lowest BCUT2D eigenvalue weighted by molar-refractivity contribution is -0.136. The molecule has 2 amide bonds. The number of likely N-dealkylation sites (tertiary alicyclic amines) is 1. The maximum atomic E-state index is 13.3. The van der Waals surface area contributed by atoms with Gasteiger partial charge in [0.05, 0.1) is 18.0 Å². The van der Waals surface area contributed by atoms with Crippen LogP contribution in [0.3, 0.4) is 0 Å². The maximum absolute atomic E-state index is 13.3. The molecule has 5 rings (SSSR count). The molecular formula is C26H31N7O3. The minimum atomic E-state index is -0.926. The summed E-state index contributed by atoms with van der Waals surface area (Å²) in [7, 11) is 1.53. The molecule has 1 saturated carbocycles. The van der Waals surface area contributed by atoms with Gasteiger partial charge in [-0.25, -0.2) is 4.98 Å². The number of nitriles is 1. The van der Waals surface area contributed by atoms with Gasteiger partial charge in [-0.1, -0.05) is 0 Å². The van der Waals surface area contributed by atoms with Gasteiger partial charge >= 0.3 is 0 Å². The van der Waals surface area contributed by atoms with Gasteiger partial charge in [0, 0.05) is 44.0 Å². The molecule has 2 atom stereocenters. The van der Waals surface area contributed by atoms with Gasteiger partial charge in [0.15, 0.2) is 0 Å². The minimum Gasteiger partial charge on any atom is -0.375 e. The molecule has 2 aliphatic heterocycles. The molecule has 36 heavy (non-hydrogen) atoms. The monoisotopic (exact) mass is 489 g/mol. The van der Waals surface area contributed by atoms with Gasteiger partial charge in [-0.2, -0.15) is 10.2 Å². The van der Waals surface area contributed by atoms with Gasteiger partial charge in [0.1, 0.15) is 17.8 Å². The quantitative estimate of drug-likeness (QED) is 0.629. The fraction of sp³-hybridized carbons (Fsp3) is 0.538. The Labute approximate surface area is 210 Å². The molecule has 2 aromatic heterocycles. The number of hydrogen-bond acceptors (Lipinski definition) is 8. The first-order valence-electron chi connectivity index (χ1n) is 12.5. The number of nitrogens with zero attached hydrogens (tertiary/aromatic N) is 6. The number of carbonyl (C=O) groups excluding carboxylic acids is 2. The van der Waals surface area contributed by atoms with Crippen molar-refractivity contribution in [1.29, 1.82) is 5.26 Å². The van der Waals surface area contributed by atoms with Crippen LogP contribution in [0.15, 0.2) is 30.6 Å². The lowest BCUT2D eigenvalue weighted by Gasteiger charge is -2.31. The third-order valence-corrected chi connectivity index (χ3v) is 7.60. The minimum absolute atomic E-state index is 0.0292. The van der Waals surface area contributed by atoms with Gasteiger partial charge in [-0.3, -0.25) is 19.5 Å². The number of hydrogen-bond donors (Lipinski definition) is 1. The molecule has 10 nitrogen and oxygen atoms in total. The lowest BCUT2D eigenvalue weighted by atomic mass is 9.81. The lowest BCUT2D eigenvalue weighted by Crippen LogP contribution is -2.39. The zero-order valence-electron chi connectivity index (χ0n) is 20.7. The first-order chi connectivity index (χ1) is 17.4. The number of ether oxygens (including phenoxy) is 1.